The summed E-state index contributed by atoms with van der Waals surface area (Å²) in [6.45, 7) is 1.93. The lowest BCUT2D eigenvalue weighted by atomic mass is 9.89. The van der Waals surface area contributed by atoms with E-state index >= 15 is 0 Å². The van der Waals surface area contributed by atoms with Crippen LogP contribution in [0.2, 0.25) is 5.02 Å². The number of nitrogens with zero attached hydrogens (tertiary/aromatic N) is 3. The van der Waals surface area contributed by atoms with Gasteiger partial charge in [-0.3, -0.25) is 14.2 Å². The minimum atomic E-state index is -0.693. The van der Waals surface area contributed by atoms with Crippen molar-refractivity contribution in [3.05, 3.63) is 39.0 Å². The van der Waals surface area contributed by atoms with E-state index in [1.165, 1.54) is 17.0 Å². The zero-order valence-electron chi connectivity index (χ0n) is 15.4. The van der Waals surface area contributed by atoms with Gasteiger partial charge in [0.2, 0.25) is 0 Å². The van der Waals surface area contributed by atoms with Crippen molar-refractivity contribution < 1.29 is 4.79 Å². The van der Waals surface area contributed by atoms with Crippen LogP contribution in [0.4, 0.5) is 17.3 Å². The van der Waals surface area contributed by atoms with Crippen molar-refractivity contribution in [1.82, 2.24) is 19.9 Å². The first-order chi connectivity index (χ1) is 13.0. The lowest BCUT2D eigenvalue weighted by Crippen LogP contribution is -2.48. The molecule has 1 amide bonds. The fourth-order valence-electron chi connectivity index (χ4n) is 4.12. The van der Waals surface area contributed by atoms with E-state index < -0.39 is 5.66 Å². The van der Waals surface area contributed by atoms with Crippen LogP contribution in [0, 0.1) is 0 Å². The number of aromatic nitrogens is 3. The Labute approximate surface area is 173 Å². The first-order valence-corrected chi connectivity index (χ1v) is 9.49. The van der Waals surface area contributed by atoms with Crippen molar-refractivity contribution in [1.29, 1.82) is 0 Å². The largest absolute Gasteiger partial charge is 0.383 e. The van der Waals surface area contributed by atoms with Gasteiger partial charge < -0.3 is 16.4 Å². The molecule has 10 heteroatoms. The van der Waals surface area contributed by atoms with Crippen LogP contribution in [0.3, 0.4) is 0 Å². The summed E-state index contributed by atoms with van der Waals surface area (Å²) >= 11 is 6.40. The predicted octanol–water partition coefficient (Wildman–Crippen LogP) is 2.96. The zero-order valence-corrected chi connectivity index (χ0v) is 17.0. The van der Waals surface area contributed by atoms with Crippen molar-refractivity contribution in [2.75, 3.05) is 11.1 Å². The maximum atomic E-state index is 13.3. The van der Waals surface area contributed by atoms with Gasteiger partial charge in [0.15, 0.2) is 0 Å². The van der Waals surface area contributed by atoms with Crippen LogP contribution < -0.4 is 21.9 Å². The van der Waals surface area contributed by atoms with E-state index in [-0.39, 0.29) is 40.3 Å². The van der Waals surface area contributed by atoms with Crippen LogP contribution in [0.15, 0.2) is 17.2 Å². The van der Waals surface area contributed by atoms with E-state index in [2.05, 4.69) is 20.6 Å². The molecular weight excluding hydrogens is 403 g/mol. The highest BCUT2D eigenvalue weighted by atomic mass is 35.5. The van der Waals surface area contributed by atoms with Gasteiger partial charge in [0.05, 0.1) is 5.02 Å². The van der Waals surface area contributed by atoms with Gasteiger partial charge in [-0.1, -0.05) is 24.9 Å². The summed E-state index contributed by atoms with van der Waals surface area (Å²) in [5.74, 6) is 0.530. The van der Waals surface area contributed by atoms with Crippen LogP contribution in [0.25, 0.3) is 0 Å². The van der Waals surface area contributed by atoms with Crippen molar-refractivity contribution in [3.63, 3.8) is 0 Å². The number of carbonyl (C=O) groups is 1. The predicted molar refractivity (Wildman–Crippen MR) is 111 cm³/mol. The number of nitrogens with two attached hydrogens (primary N) is 1. The quantitative estimate of drug-likeness (QED) is 0.697. The monoisotopic (exact) mass is 424 g/mol. The minimum Gasteiger partial charge on any atom is -0.383 e. The standard InChI is InChI=1S/C18H21ClN6O2.ClH/c1-2-10-14(20)21-9-22-15(10)23-12-8-11(19)13-16(26)24-18(25(13)17(12)27)6-4-3-5-7-18;/h8-9H,2-7H2,1H3,(H,24,26)(H3,20,21,22,23);1H. The van der Waals surface area contributed by atoms with E-state index in [1.54, 1.807) is 0 Å². The molecule has 2 aromatic heterocycles. The highest BCUT2D eigenvalue weighted by Gasteiger charge is 2.45. The average molecular weight is 425 g/mol. The van der Waals surface area contributed by atoms with Crippen LogP contribution in [-0.4, -0.2) is 20.4 Å². The molecule has 4 rings (SSSR count). The molecule has 0 aromatic carbocycles. The molecule has 4 N–H and O–H groups in total. The van der Waals surface area contributed by atoms with E-state index in [0.717, 1.165) is 24.8 Å². The van der Waals surface area contributed by atoms with Crippen LogP contribution in [0.5, 0.6) is 0 Å². The smallest absolute Gasteiger partial charge is 0.276 e. The molecule has 2 aromatic rings. The number of anilines is 3. The Kier molecular flexibility index (Phi) is 5.54. The lowest BCUT2D eigenvalue weighted by molar-refractivity contribution is 0.0877. The number of amides is 1. The summed E-state index contributed by atoms with van der Waals surface area (Å²) in [5.41, 5.74) is 6.14. The molecule has 1 aliphatic heterocycles. The Morgan fingerprint density at radius 2 is 2.00 bits per heavy atom. The summed E-state index contributed by atoms with van der Waals surface area (Å²) in [6.07, 6.45) is 6.37. The van der Waals surface area contributed by atoms with E-state index in [1.807, 2.05) is 6.92 Å². The molecule has 3 heterocycles. The van der Waals surface area contributed by atoms with Gasteiger partial charge in [0.1, 0.15) is 35.0 Å². The Hall–Kier alpha value is -2.32. The van der Waals surface area contributed by atoms with Crippen molar-refractivity contribution in [2.24, 2.45) is 0 Å². The third kappa shape index (κ3) is 3.10. The summed E-state index contributed by atoms with van der Waals surface area (Å²) in [6, 6.07) is 1.48. The fourth-order valence-corrected chi connectivity index (χ4v) is 4.39. The molecule has 0 unspecified atom stereocenters. The number of nitrogen functional groups attached to an aromatic ring is 1. The first kappa shape index (κ1) is 20.4. The van der Waals surface area contributed by atoms with Crippen molar-refractivity contribution in [3.8, 4) is 0 Å². The normalized spacial score (nSPS) is 17.0. The number of nitrogens with one attached hydrogen (secondary N) is 2. The van der Waals surface area contributed by atoms with Crippen LogP contribution in [-0.2, 0) is 12.1 Å². The Bertz CT molecular complexity index is 985. The third-order valence-corrected chi connectivity index (χ3v) is 5.70. The maximum Gasteiger partial charge on any atom is 0.276 e. The van der Waals surface area contributed by atoms with Gasteiger partial charge >= 0.3 is 0 Å². The van der Waals surface area contributed by atoms with Gasteiger partial charge in [-0.05, 0) is 38.2 Å². The molecule has 1 fully saturated rings. The summed E-state index contributed by atoms with van der Waals surface area (Å²) in [5, 5.41) is 6.29. The number of hydrogen-bond donors (Lipinski definition) is 3. The highest BCUT2D eigenvalue weighted by Crippen LogP contribution is 2.38. The van der Waals surface area contributed by atoms with E-state index in [0.29, 0.717) is 30.9 Å². The number of halogens is 2. The molecule has 1 spiro atoms. The zero-order chi connectivity index (χ0) is 19.2. The Morgan fingerprint density at radius 3 is 2.68 bits per heavy atom. The molecule has 2 aliphatic rings. The van der Waals surface area contributed by atoms with Gasteiger partial charge in [-0.15, -0.1) is 12.4 Å². The summed E-state index contributed by atoms with van der Waals surface area (Å²) in [4.78, 5) is 34.0. The highest BCUT2D eigenvalue weighted by molar-refractivity contribution is 6.34. The number of carbonyl (C=O) groups excluding carboxylic acids is 1. The molecule has 0 bridgehead atoms. The molecule has 0 atom stereocenters. The first-order valence-electron chi connectivity index (χ1n) is 9.12. The second kappa shape index (κ2) is 7.60. The molecule has 0 saturated heterocycles. The Balaban J connectivity index is 0.00000225. The van der Waals surface area contributed by atoms with Gasteiger partial charge in [0.25, 0.3) is 11.5 Å². The molecule has 28 heavy (non-hydrogen) atoms. The van der Waals surface area contributed by atoms with Crippen molar-refractivity contribution in [2.45, 2.75) is 51.1 Å². The third-order valence-electron chi connectivity index (χ3n) is 5.41. The minimum absolute atomic E-state index is 0. The molecule has 8 nitrogen and oxygen atoms in total. The molecule has 1 saturated carbocycles. The van der Waals surface area contributed by atoms with Crippen molar-refractivity contribution >= 4 is 47.2 Å². The SMILES string of the molecule is CCc1c(N)ncnc1Nc1cc(Cl)c2n(c1=O)C1(CCCCC1)NC2=O.Cl. The van der Waals surface area contributed by atoms with Crippen LogP contribution >= 0.6 is 24.0 Å². The summed E-state index contributed by atoms with van der Waals surface area (Å²) < 4.78 is 1.54. The lowest BCUT2D eigenvalue weighted by Gasteiger charge is -2.35. The molecule has 0 radical (unpaired) electrons. The van der Waals surface area contributed by atoms with E-state index in [9.17, 15) is 9.59 Å². The van der Waals surface area contributed by atoms with Gasteiger partial charge in [-0.25, -0.2) is 9.97 Å². The molecule has 1 aliphatic carbocycles. The van der Waals surface area contributed by atoms with Gasteiger partial charge in [0, 0.05) is 5.56 Å². The topological polar surface area (TPSA) is 115 Å². The molecular formula is C18H22Cl2N6O2. The Morgan fingerprint density at radius 1 is 1.29 bits per heavy atom. The molecule has 150 valence electrons. The number of rotatable bonds is 3. The summed E-state index contributed by atoms with van der Waals surface area (Å²) in [7, 11) is 0. The number of hydrogen-bond acceptors (Lipinski definition) is 6. The maximum absolute atomic E-state index is 13.3. The second-order valence-electron chi connectivity index (χ2n) is 7.01. The number of pyridine rings is 1. The number of fused-ring (bicyclic) bond motifs is 2. The average Bonchev–Trinajstić information content (AvgIpc) is 2.92. The van der Waals surface area contributed by atoms with E-state index in [4.69, 9.17) is 17.3 Å². The van der Waals surface area contributed by atoms with Crippen LogP contribution in [0.1, 0.15) is 55.1 Å². The second-order valence-corrected chi connectivity index (χ2v) is 7.41. The van der Waals surface area contributed by atoms with Gasteiger partial charge in [-0.2, -0.15) is 0 Å². The fraction of sp³-hybridized carbons (Fsp3) is 0.444.